The fourth-order valence-electron chi connectivity index (χ4n) is 2.58. The van der Waals surface area contributed by atoms with Crippen LogP contribution in [0.25, 0.3) is 32.6 Å². The summed E-state index contributed by atoms with van der Waals surface area (Å²) in [6, 6.07) is 12.8. The Bertz CT molecular complexity index is 1090. The topological polar surface area (TPSA) is 43.1 Å². The molecule has 0 aliphatic heterocycles. The van der Waals surface area contributed by atoms with Crippen molar-refractivity contribution < 1.29 is 4.42 Å². The molecule has 21 heavy (non-hydrogen) atoms. The van der Waals surface area contributed by atoms with Crippen molar-refractivity contribution in [1.29, 1.82) is 0 Å². The first-order valence-electron chi connectivity index (χ1n) is 6.25. The highest BCUT2D eigenvalue weighted by atomic mass is 79.9. The van der Waals surface area contributed by atoms with Crippen molar-refractivity contribution in [1.82, 2.24) is 4.98 Å². The minimum absolute atomic E-state index is 0.309. The summed E-state index contributed by atoms with van der Waals surface area (Å²) in [6.45, 7) is 0. The quantitative estimate of drug-likeness (QED) is 0.254. The molecule has 4 rings (SSSR count). The van der Waals surface area contributed by atoms with Crippen molar-refractivity contribution in [2.24, 2.45) is 0 Å². The zero-order valence-electron chi connectivity index (χ0n) is 10.6. The highest BCUT2D eigenvalue weighted by Gasteiger charge is 2.15. The van der Waals surface area contributed by atoms with Crippen molar-refractivity contribution in [3.05, 3.63) is 62.5 Å². The second kappa shape index (κ2) is 4.55. The van der Waals surface area contributed by atoms with Crippen LogP contribution in [0.15, 0.2) is 56.1 Å². The van der Waals surface area contributed by atoms with E-state index in [1.807, 2.05) is 36.4 Å². The molecule has 4 aromatic rings. The van der Waals surface area contributed by atoms with Crippen LogP contribution in [0, 0.1) is 0 Å². The Morgan fingerprint density at radius 2 is 1.86 bits per heavy atom. The molecule has 102 valence electrons. The van der Waals surface area contributed by atoms with Gasteiger partial charge in [-0.25, -0.2) is 9.78 Å². The van der Waals surface area contributed by atoms with Crippen molar-refractivity contribution >= 4 is 60.2 Å². The summed E-state index contributed by atoms with van der Waals surface area (Å²) in [5.41, 5.74) is 0.766. The van der Waals surface area contributed by atoms with Crippen molar-refractivity contribution in [2.45, 2.75) is 0 Å². The fraction of sp³-hybridized carbons (Fsp3) is 0. The highest BCUT2D eigenvalue weighted by molar-refractivity contribution is 9.10. The lowest BCUT2D eigenvalue weighted by molar-refractivity contribution is 0.570. The maximum absolute atomic E-state index is 12.4. The molecule has 0 radical (unpaired) electrons. The third-order valence-corrected chi connectivity index (χ3v) is 4.23. The van der Waals surface area contributed by atoms with Gasteiger partial charge in [0.05, 0.1) is 10.9 Å². The number of aromatic nitrogens is 1. The molecule has 5 heteroatoms. The molecule has 0 bridgehead atoms. The van der Waals surface area contributed by atoms with E-state index in [0.29, 0.717) is 27.0 Å². The van der Waals surface area contributed by atoms with Crippen molar-refractivity contribution in [2.75, 3.05) is 0 Å². The molecule has 2 aromatic heterocycles. The van der Waals surface area contributed by atoms with Gasteiger partial charge in [-0.05, 0) is 24.3 Å². The average Bonchev–Trinajstić information content (AvgIpc) is 2.47. The van der Waals surface area contributed by atoms with Gasteiger partial charge in [-0.2, -0.15) is 0 Å². The normalized spacial score (nSPS) is 11.5. The first kappa shape index (κ1) is 12.8. The molecule has 0 aliphatic rings. The summed E-state index contributed by atoms with van der Waals surface area (Å²) in [7, 11) is 0. The van der Waals surface area contributed by atoms with Crippen molar-refractivity contribution in [3.8, 4) is 0 Å². The molecule has 0 fully saturated rings. The average molecular weight is 361 g/mol. The molecule has 2 aromatic carbocycles. The van der Waals surface area contributed by atoms with E-state index < -0.39 is 5.63 Å². The van der Waals surface area contributed by atoms with E-state index in [1.165, 1.54) is 0 Å². The van der Waals surface area contributed by atoms with Gasteiger partial charge in [0.15, 0.2) is 0 Å². The van der Waals surface area contributed by atoms with Crippen molar-refractivity contribution in [3.63, 3.8) is 0 Å². The first-order valence-corrected chi connectivity index (χ1v) is 7.42. The summed E-state index contributed by atoms with van der Waals surface area (Å²) in [5, 5.41) is 2.91. The minimum Gasteiger partial charge on any atom is -0.422 e. The number of nitrogens with zero attached hydrogens (tertiary/aromatic N) is 1. The van der Waals surface area contributed by atoms with Gasteiger partial charge in [-0.1, -0.05) is 45.7 Å². The highest BCUT2D eigenvalue weighted by Crippen LogP contribution is 2.33. The lowest BCUT2D eigenvalue weighted by Gasteiger charge is -2.07. The lowest BCUT2D eigenvalue weighted by atomic mass is 10.1. The van der Waals surface area contributed by atoms with Crippen LogP contribution < -0.4 is 5.63 Å². The SMILES string of the molecule is O=c1oc2ccccc2c2c(Cl)nc3ccc(Br)cc3c12. The number of hydrogen-bond donors (Lipinski definition) is 0. The largest absolute Gasteiger partial charge is 0.422 e. The molecule has 0 amide bonds. The van der Waals surface area contributed by atoms with Gasteiger partial charge >= 0.3 is 5.63 Å². The predicted molar refractivity (Wildman–Crippen MR) is 88.0 cm³/mol. The summed E-state index contributed by atoms with van der Waals surface area (Å²) in [6.07, 6.45) is 0. The van der Waals surface area contributed by atoms with E-state index >= 15 is 0 Å². The van der Waals surface area contributed by atoms with E-state index in [0.717, 1.165) is 15.2 Å². The molecule has 0 spiro atoms. The second-order valence-corrected chi connectivity index (χ2v) is 5.97. The van der Waals surface area contributed by atoms with Gasteiger partial charge < -0.3 is 4.42 Å². The number of fused-ring (bicyclic) bond motifs is 5. The minimum atomic E-state index is -0.406. The summed E-state index contributed by atoms with van der Waals surface area (Å²) in [5.74, 6) is 0. The van der Waals surface area contributed by atoms with Crippen LogP contribution in [0.1, 0.15) is 0 Å². The fourth-order valence-corrected chi connectivity index (χ4v) is 3.22. The molecule has 3 nitrogen and oxygen atoms in total. The molecule has 0 saturated heterocycles. The Labute approximate surface area is 132 Å². The van der Waals surface area contributed by atoms with Crippen LogP contribution in [0.2, 0.25) is 5.15 Å². The molecule has 0 aliphatic carbocycles. The molecule has 2 heterocycles. The molecular formula is C16H7BrClNO2. The standard InChI is InChI=1S/C16H7BrClNO2/c17-8-5-6-11-10(7-8)14-13(15(18)19-11)9-3-1-2-4-12(9)21-16(14)20/h1-7H. The number of rotatable bonds is 0. The number of hydrogen-bond acceptors (Lipinski definition) is 3. The molecule has 0 saturated carbocycles. The van der Waals surface area contributed by atoms with Gasteiger partial charge in [-0.3, -0.25) is 0 Å². The Hall–Kier alpha value is -1.91. The zero-order valence-corrected chi connectivity index (χ0v) is 12.9. The van der Waals surface area contributed by atoms with Crippen LogP contribution in [0.4, 0.5) is 0 Å². The molecule has 0 atom stereocenters. The Balaban J connectivity index is 2.41. The van der Waals surface area contributed by atoms with Crippen LogP contribution in [0.3, 0.4) is 0 Å². The Morgan fingerprint density at radius 3 is 2.71 bits per heavy atom. The zero-order chi connectivity index (χ0) is 14.6. The van der Waals surface area contributed by atoms with E-state index in [9.17, 15) is 4.79 Å². The van der Waals surface area contributed by atoms with Gasteiger partial charge in [0.2, 0.25) is 0 Å². The maximum Gasteiger partial charge on any atom is 0.344 e. The monoisotopic (exact) mass is 359 g/mol. The van der Waals surface area contributed by atoms with Gasteiger partial charge in [-0.15, -0.1) is 0 Å². The van der Waals surface area contributed by atoms with Crippen LogP contribution in [0.5, 0.6) is 0 Å². The van der Waals surface area contributed by atoms with E-state index in [2.05, 4.69) is 20.9 Å². The summed E-state index contributed by atoms with van der Waals surface area (Å²) < 4.78 is 6.29. The van der Waals surface area contributed by atoms with Crippen LogP contribution in [-0.2, 0) is 0 Å². The third-order valence-electron chi connectivity index (χ3n) is 3.47. The van der Waals surface area contributed by atoms with Gasteiger partial charge in [0, 0.05) is 20.6 Å². The number of para-hydroxylation sites is 1. The molecule has 0 N–H and O–H groups in total. The Kier molecular flexibility index (Phi) is 2.77. The smallest absolute Gasteiger partial charge is 0.344 e. The van der Waals surface area contributed by atoms with E-state index in [1.54, 1.807) is 6.07 Å². The van der Waals surface area contributed by atoms with Crippen LogP contribution in [-0.4, -0.2) is 4.98 Å². The maximum atomic E-state index is 12.4. The number of halogens is 2. The van der Waals surface area contributed by atoms with Crippen LogP contribution >= 0.6 is 27.5 Å². The Morgan fingerprint density at radius 1 is 1.05 bits per heavy atom. The van der Waals surface area contributed by atoms with Gasteiger partial charge in [0.25, 0.3) is 0 Å². The number of pyridine rings is 1. The first-order chi connectivity index (χ1) is 10.1. The number of benzene rings is 2. The van der Waals surface area contributed by atoms with E-state index in [4.69, 9.17) is 16.0 Å². The third kappa shape index (κ3) is 1.87. The van der Waals surface area contributed by atoms with Gasteiger partial charge in [0.1, 0.15) is 10.7 Å². The van der Waals surface area contributed by atoms with E-state index in [-0.39, 0.29) is 0 Å². The second-order valence-electron chi connectivity index (χ2n) is 4.70. The summed E-state index contributed by atoms with van der Waals surface area (Å²) in [4.78, 5) is 16.8. The lowest BCUT2D eigenvalue weighted by Crippen LogP contribution is -2.02. The molecule has 0 unspecified atom stereocenters. The summed E-state index contributed by atoms with van der Waals surface area (Å²) >= 11 is 9.74. The molecular weight excluding hydrogens is 354 g/mol. The predicted octanol–water partition coefficient (Wildman–Crippen LogP) is 4.91.